The maximum atomic E-state index is 10.3. The second kappa shape index (κ2) is 4.60. The summed E-state index contributed by atoms with van der Waals surface area (Å²) in [7, 11) is -0.301. The van der Waals surface area contributed by atoms with Gasteiger partial charge in [-0.15, -0.1) is 0 Å². The Bertz CT molecular complexity index is 665. The number of anilines is 1. The van der Waals surface area contributed by atoms with Crippen LogP contribution in [-0.4, -0.2) is 4.98 Å². The molecule has 0 aliphatic carbocycles. The van der Waals surface area contributed by atoms with E-state index in [0.29, 0.717) is 16.4 Å². The Balaban J connectivity index is 2.76. The molecule has 0 aliphatic rings. The normalized spacial score (nSPS) is 10.1. The van der Waals surface area contributed by atoms with Crippen LogP contribution in [-0.2, 0) is 4.57 Å². The number of aryl methyl sites for hydroxylation is 1. The van der Waals surface area contributed by atoms with Crippen molar-refractivity contribution in [1.29, 1.82) is 0 Å². The second-order valence-electron chi connectivity index (χ2n) is 3.02. The number of fused-ring (bicyclic) bond motifs is 1. The molecule has 0 unspecified atom stereocenters. The van der Waals surface area contributed by atoms with Crippen LogP contribution < -0.4 is 10.5 Å². The molecule has 4 nitrogen and oxygen atoms in total. The van der Waals surface area contributed by atoms with Gasteiger partial charge < -0.3 is 0 Å². The number of nitrogens with zero attached hydrogens (tertiary/aromatic N) is 1. The van der Waals surface area contributed by atoms with Crippen LogP contribution >= 0.6 is 35.2 Å². The summed E-state index contributed by atoms with van der Waals surface area (Å²) in [5.74, 6) is 2.74. The summed E-state index contributed by atoms with van der Waals surface area (Å²) in [5.41, 5.74) is 7.30. The quantitative estimate of drug-likeness (QED) is 0.817. The summed E-state index contributed by atoms with van der Waals surface area (Å²) in [5, 5.41) is 0.464. The fourth-order valence-corrected chi connectivity index (χ4v) is 2.83. The molecule has 1 aromatic carbocycles. The number of nitrogen functional groups attached to an aromatic ring is 1. The molecule has 7 heteroatoms. The zero-order valence-corrected chi connectivity index (χ0v) is 11.4. The fourth-order valence-electron chi connectivity index (χ4n) is 1.31. The average molecular weight is 317 g/mol. The molecular formula is C9H6BrN2O2PS. The number of ether oxygens (including phenoxy) is 1. The van der Waals surface area contributed by atoms with Gasteiger partial charge in [-0.1, -0.05) is 0 Å². The molecule has 16 heavy (non-hydrogen) atoms. The molecule has 0 saturated carbocycles. The van der Waals surface area contributed by atoms with Crippen LogP contribution in [0, 0.1) is 12.7 Å². The van der Waals surface area contributed by atoms with Crippen LogP contribution in [0.5, 0.6) is 5.75 Å². The SMILES string of the molecule is Cc1cc(OC#P=O)c2nc(N)sc2c1Br. The minimum atomic E-state index is -0.301. The molecule has 0 fully saturated rings. The van der Waals surface area contributed by atoms with Crippen molar-refractivity contribution in [3.63, 3.8) is 0 Å². The number of halogens is 1. The van der Waals surface area contributed by atoms with Gasteiger partial charge in [0.15, 0.2) is 0 Å². The molecular weight excluding hydrogens is 311 g/mol. The Labute approximate surface area is 105 Å². The van der Waals surface area contributed by atoms with Crippen molar-refractivity contribution in [2.75, 3.05) is 5.73 Å². The fraction of sp³-hybridized carbons (Fsp3) is 0.111. The monoisotopic (exact) mass is 316 g/mol. The Morgan fingerprint density at radius 3 is 3.12 bits per heavy atom. The Kier molecular flexibility index (Phi) is 3.36. The molecule has 2 N–H and O–H groups in total. The number of hydrogen-bond donors (Lipinski definition) is 1. The first-order valence-corrected chi connectivity index (χ1v) is 6.65. The molecule has 0 amide bonds. The van der Waals surface area contributed by atoms with Crippen molar-refractivity contribution in [2.24, 2.45) is 0 Å². The molecule has 0 saturated heterocycles. The molecule has 0 bridgehead atoms. The van der Waals surface area contributed by atoms with E-state index in [1.807, 2.05) is 6.92 Å². The van der Waals surface area contributed by atoms with Gasteiger partial charge in [-0.3, -0.25) is 0 Å². The van der Waals surface area contributed by atoms with E-state index < -0.39 is 0 Å². The molecule has 2 rings (SSSR count). The van der Waals surface area contributed by atoms with Crippen molar-refractivity contribution >= 4 is 50.5 Å². The Hall–Kier alpha value is -0.800. The number of thiazole rings is 1. The minimum absolute atomic E-state index is 0.301. The molecule has 0 radical (unpaired) electrons. The average Bonchev–Trinajstić information content (AvgIpc) is 2.64. The Morgan fingerprint density at radius 1 is 1.69 bits per heavy atom. The van der Waals surface area contributed by atoms with Crippen molar-refractivity contribution in [2.45, 2.75) is 6.92 Å². The summed E-state index contributed by atoms with van der Waals surface area (Å²) in [4.78, 5) is 4.16. The molecule has 0 spiro atoms. The first-order valence-electron chi connectivity index (χ1n) is 4.22. The van der Waals surface area contributed by atoms with Crippen LogP contribution in [0.3, 0.4) is 0 Å². The van der Waals surface area contributed by atoms with Crippen LogP contribution in [0.2, 0.25) is 0 Å². The van der Waals surface area contributed by atoms with Crippen molar-refractivity contribution in [3.05, 3.63) is 16.1 Å². The van der Waals surface area contributed by atoms with Crippen molar-refractivity contribution < 1.29 is 9.30 Å². The van der Waals surface area contributed by atoms with E-state index >= 15 is 0 Å². The third kappa shape index (κ3) is 2.02. The third-order valence-electron chi connectivity index (χ3n) is 1.96. The molecule has 1 heterocycles. The van der Waals surface area contributed by atoms with Gasteiger partial charge in [0.1, 0.15) is 0 Å². The van der Waals surface area contributed by atoms with Gasteiger partial charge in [0.25, 0.3) is 0 Å². The van der Waals surface area contributed by atoms with Gasteiger partial charge in [-0.05, 0) is 0 Å². The first kappa shape index (κ1) is 11.7. The van der Waals surface area contributed by atoms with E-state index in [1.165, 1.54) is 11.3 Å². The van der Waals surface area contributed by atoms with Gasteiger partial charge >= 0.3 is 105 Å². The molecule has 2 aromatic rings. The molecule has 0 aliphatic heterocycles. The van der Waals surface area contributed by atoms with Gasteiger partial charge in [0.2, 0.25) is 0 Å². The molecule has 82 valence electrons. The first-order chi connectivity index (χ1) is 7.63. The van der Waals surface area contributed by atoms with Gasteiger partial charge in [-0.25, -0.2) is 0 Å². The summed E-state index contributed by atoms with van der Waals surface area (Å²) < 4.78 is 17.3. The maximum absolute atomic E-state index is 10.3. The molecule has 0 atom stereocenters. The van der Waals surface area contributed by atoms with E-state index in [4.69, 9.17) is 10.5 Å². The van der Waals surface area contributed by atoms with E-state index in [0.717, 1.165) is 14.7 Å². The molecule has 1 aromatic heterocycles. The number of hydrogen-bond acceptors (Lipinski definition) is 5. The van der Waals surface area contributed by atoms with Crippen LogP contribution in [0.4, 0.5) is 5.13 Å². The van der Waals surface area contributed by atoms with E-state index in [9.17, 15) is 4.57 Å². The zero-order chi connectivity index (χ0) is 11.7. The van der Waals surface area contributed by atoms with E-state index in [-0.39, 0.29) is 7.92 Å². The van der Waals surface area contributed by atoms with E-state index in [1.54, 1.807) is 6.07 Å². The number of benzene rings is 1. The number of nitrogens with two attached hydrogens (primary N) is 1. The van der Waals surface area contributed by atoms with Gasteiger partial charge in [-0.2, -0.15) is 0 Å². The number of aromatic nitrogens is 1. The van der Waals surface area contributed by atoms with Crippen LogP contribution in [0.1, 0.15) is 5.56 Å². The summed E-state index contributed by atoms with van der Waals surface area (Å²) in [6.45, 7) is 1.93. The predicted octanol–water partition coefficient (Wildman–Crippen LogP) is 3.54. The zero-order valence-electron chi connectivity index (χ0n) is 8.15. The summed E-state index contributed by atoms with van der Waals surface area (Å²) >= 11 is 4.84. The van der Waals surface area contributed by atoms with E-state index in [2.05, 4.69) is 26.7 Å². The topological polar surface area (TPSA) is 65.2 Å². The second-order valence-corrected chi connectivity index (χ2v) is 5.21. The van der Waals surface area contributed by atoms with Crippen molar-refractivity contribution in [3.8, 4) is 11.6 Å². The van der Waals surface area contributed by atoms with Crippen molar-refractivity contribution in [1.82, 2.24) is 4.98 Å². The van der Waals surface area contributed by atoms with Gasteiger partial charge in [0, 0.05) is 0 Å². The third-order valence-corrected chi connectivity index (χ3v) is 4.32. The Morgan fingerprint density at radius 2 is 2.44 bits per heavy atom. The van der Waals surface area contributed by atoms with Crippen LogP contribution in [0.15, 0.2) is 10.5 Å². The number of rotatable bonds is 1. The predicted molar refractivity (Wildman–Crippen MR) is 68.6 cm³/mol. The summed E-state index contributed by atoms with van der Waals surface area (Å²) in [6.07, 6.45) is 0. The summed E-state index contributed by atoms with van der Waals surface area (Å²) in [6, 6.07) is 1.80. The van der Waals surface area contributed by atoms with Crippen LogP contribution in [0.25, 0.3) is 10.2 Å². The van der Waals surface area contributed by atoms with Gasteiger partial charge in [0.05, 0.1) is 0 Å². The standard InChI is InChI=1S/C9H6BrN2O2PS/c1-4-2-5(14-3-15-13)7-8(6(4)10)16-9(11)12-7/h2H,1H3,(H2,11,12).